The van der Waals surface area contributed by atoms with Crippen LogP contribution in [-0.2, 0) is 4.74 Å². The predicted octanol–water partition coefficient (Wildman–Crippen LogP) is 5.16. The summed E-state index contributed by atoms with van der Waals surface area (Å²) in [7, 11) is 1.61. The third kappa shape index (κ3) is 3.23. The molecule has 24 heavy (non-hydrogen) atoms. The monoisotopic (exact) mass is 361 g/mol. The van der Waals surface area contributed by atoms with Crippen molar-refractivity contribution in [3.05, 3.63) is 53.2 Å². The zero-order chi connectivity index (χ0) is 17.1. The fourth-order valence-corrected chi connectivity index (χ4v) is 3.66. The minimum Gasteiger partial charge on any atom is -0.497 e. The molecule has 0 radical (unpaired) electrons. The number of halogens is 1. The van der Waals surface area contributed by atoms with Crippen LogP contribution in [0.25, 0.3) is 10.9 Å². The van der Waals surface area contributed by atoms with Crippen LogP contribution in [0.15, 0.2) is 52.3 Å². The summed E-state index contributed by atoms with van der Waals surface area (Å²) >= 11 is 7.70. The molecule has 0 spiro atoms. The van der Waals surface area contributed by atoms with E-state index in [1.807, 2.05) is 42.5 Å². The van der Waals surface area contributed by atoms with Crippen LogP contribution in [0, 0.1) is 0 Å². The molecular formula is C18H16ClNO3S. The first kappa shape index (κ1) is 16.7. The number of H-pyrrole nitrogens is 1. The third-order valence-electron chi connectivity index (χ3n) is 3.49. The molecule has 0 atom stereocenters. The lowest BCUT2D eigenvalue weighted by molar-refractivity contribution is 0.0516. The van der Waals surface area contributed by atoms with E-state index in [1.165, 1.54) is 11.8 Å². The Bertz CT molecular complexity index is 891. The van der Waals surface area contributed by atoms with Crippen molar-refractivity contribution in [3.63, 3.8) is 0 Å². The molecule has 0 saturated carbocycles. The van der Waals surface area contributed by atoms with Gasteiger partial charge in [0.1, 0.15) is 11.4 Å². The van der Waals surface area contributed by atoms with Gasteiger partial charge < -0.3 is 14.5 Å². The van der Waals surface area contributed by atoms with Gasteiger partial charge in [0.2, 0.25) is 0 Å². The van der Waals surface area contributed by atoms with Crippen molar-refractivity contribution in [1.29, 1.82) is 0 Å². The number of hydrogen-bond donors (Lipinski definition) is 1. The summed E-state index contributed by atoms with van der Waals surface area (Å²) in [6.45, 7) is 2.10. The van der Waals surface area contributed by atoms with E-state index in [9.17, 15) is 4.79 Å². The standard InChI is InChI=1S/C18H16ClNO3S/c1-3-23-18(21)16-17(24-15-7-5-4-6-13(15)19)12-10-11(22-2)8-9-14(12)20-16/h4-10,20H,3H2,1-2H3. The van der Waals surface area contributed by atoms with E-state index in [4.69, 9.17) is 21.1 Å². The molecule has 3 aromatic rings. The first-order valence-electron chi connectivity index (χ1n) is 7.43. The summed E-state index contributed by atoms with van der Waals surface area (Å²) in [5.41, 5.74) is 1.26. The molecule has 3 rings (SSSR count). The van der Waals surface area contributed by atoms with Gasteiger partial charge in [-0.3, -0.25) is 0 Å². The van der Waals surface area contributed by atoms with Crippen molar-refractivity contribution in [3.8, 4) is 5.75 Å². The number of methoxy groups -OCH3 is 1. The number of carbonyl (C=O) groups is 1. The first-order chi connectivity index (χ1) is 11.6. The van der Waals surface area contributed by atoms with Gasteiger partial charge in [-0.2, -0.15) is 0 Å². The first-order valence-corrected chi connectivity index (χ1v) is 8.62. The fraction of sp³-hybridized carbons (Fsp3) is 0.167. The number of hydrogen-bond acceptors (Lipinski definition) is 4. The topological polar surface area (TPSA) is 51.3 Å². The second-order valence-corrected chi connectivity index (χ2v) is 6.45. The molecule has 1 heterocycles. The Kier molecular flexibility index (Phi) is 5.02. The summed E-state index contributed by atoms with van der Waals surface area (Å²) in [4.78, 5) is 17.1. The minimum atomic E-state index is -0.387. The molecule has 0 saturated heterocycles. The molecule has 0 unspecified atom stereocenters. The van der Waals surface area contributed by atoms with E-state index < -0.39 is 0 Å². The Labute approximate surface area is 149 Å². The lowest BCUT2D eigenvalue weighted by Gasteiger charge is -2.06. The number of benzene rings is 2. The van der Waals surface area contributed by atoms with Crippen LogP contribution in [0.4, 0.5) is 0 Å². The van der Waals surface area contributed by atoms with Crippen LogP contribution in [0.5, 0.6) is 5.75 Å². The highest BCUT2D eigenvalue weighted by molar-refractivity contribution is 7.99. The quantitative estimate of drug-likeness (QED) is 0.638. The van der Waals surface area contributed by atoms with Gasteiger partial charge in [0.15, 0.2) is 0 Å². The van der Waals surface area contributed by atoms with Crippen molar-refractivity contribution < 1.29 is 14.3 Å². The van der Waals surface area contributed by atoms with Crippen molar-refractivity contribution in [2.75, 3.05) is 13.7 Å². The summed E-state index contributed by atoms with van der Waals surface area (Å²) in [5, 5.41) is 1.52. The molecule has 0 amide bonds. The second-order valence-electron chi connectivity index (χ2n) is 4.99. The Morgan fingerprint density at radius 3 is 2.75 bits per heavy atom. The van der Waals surface area contributed by atoms with E-state index in [0.717, 1.165) is 26.4 Å². The second kappa shape index (κ2) is 7.20. The summed E-state index contributed by atoms with van der Waals surface area (Å²) in [5.74, 6) is 0.333. The molecule has 0 aliphatic carbocycles. The van der Waals surface area contributed by atoms with Gasteiger partial charge in [0.25, 0.3) is 0 Å². The third-order valence-corrected chi connectivity index (χ3v) is 5.13. The largest absolute Gasteiger partial charge is 0.497 e. The number of carbonyl (C=O) groups excluding carboxylic acids is 1. The number of aromatic amines is 1. The number of fused-ring (bicyclic) bond motifs is 1. The van der Waals surface area contributed by atoms with E-state index >= 15 is 0 Å². The number of nitrogens with one attached hydrogen (secondary N) is 1. The van der Waals surface area contributed by atoms with Gasteiger partial charge in [0.05, 0.1) is 23.6 Å². The van der Waals surface area contributed by atoms with Crippen LogP contribution in [0.3, 0.4) is 0 Å². The molecule has 0 aliphatic rings. The van der Waals surface area contributed by atoms with Crippen molar-refractivity contribution >= 4 is 40.2 Å². The van der Waals surface area contributed by atoms with Crippen LogP contribution in [0.1, 0.15) is 17.4 Å². The summed E-state index contributed by atoms with van der Waals surface area (Å²) < 4.78 is 10.5. The maximum atomic E-state index is 12.3. The highest BCUT2D eigenvalue weighted by Crippen LogP contribution is 2.40. The van der Waals surface area contributed by atoms with Gasteiger partial charge in [-0.05, 0) is 37.3 Å². The molecule has 0 fully saturated rings. The lowest BCUT2D eigenvalue weighted by atomic mass is 10.2. The van der Waals surface area contributed by atoms with Gasteiger partial charge in [0, 0.05) is 15.8 Å². The molecule has 2 aromatic carbocycles. The highest BCUT2D eigenvalue weighted by Gasteiger charge is 2.21. The zero-order valence-corrected chi connectivity index (χ0v) is 14.8. The number of ether oxygens (including phenoxy) is 2. The van der Waals surface area contributed by atoms with Gasteiger partial charge in [-0.25, -0.2) is 4.79 Å². The van der Waals surface area contributed by atoms with Crippen molar-refractivity contribution in [2.45, 2.75) is 16.7 Å². The number of esters is 1. The Balaban J connectivity index is 2.15. The van der Waals surface area contributed by atoms with Crippen LogP contribution in [-0.4, -0.2) is 24.7 Å². The van der Waals surface area contributed by atoms with Gasteiger partial charge >= 0.3 is 5.97 Å². The van der Waals surface area contributed by atoms with E-state index in [1.54, 1.807) is 14.0 Å². The summed E-state index contributed by atoms with van der Waals surface area (Å²) in [6, 6.07) is 13.1. The van der Waals surface area contributed by atoms with Crippen LogP contribution in [0.2, 0.25) is 5.02 Å². The highest BCUT2D eigenvalue weighted by atomic mass is 35.5. The molecule has 6 heteroatoms. The number of rotatable bonds is 5. The molecular weight excluding hydrogens is 346 g/mol. The molecule has 1 aromatic heterocycles. The Morgan fingerprint density at radius 1 is 1.25 bits per heavy atom. The average Bonchev–Trinajstić information content (AvgIpc) is 2.95. The van der Waals surface area contributed by atoms with Crippen molar-refractivity contribution in [2.24, 2.45) is 0 Å². The molecule has 4 nitrogen and oxygen atoms in total. The molecule has 124 valence electrons. The Hall–Kier alpha value is -2.11. The zero-order valence-electron chi connectivity index (χ0n) is 13.3. The maximum absolute atomic E-state index is 12.3. The molecule has 1 N–H and O–H groups in total. The normalized spacial score (nSPS) is 10.8. The summed E-state index contributed by atoms with van der Waals surface area (Å²) in [6.07, 6.45) is 0. The lowest BCUT2D eigenvalue weighted by Crippen LogP contribution is -2.06. The SMILES string of the molecule is CCOC(=O)c1[nH]c2ccc(OC)cc2c1Sc1ccccc1Cl. The molecule has 0 bridgehead atoms. The Morgan fingerprint density at radius 2 is 2.04 bits per heavy atom. The minimum absolute atomic E-state index is 0.313. The fourth-order valence-electron chi connectivity index (χ4n) is 2.36. The van der Waals surface area contributed by atoms with Crippen LogP contribution < -0.4 is 4.74 Å². The van der Waals surface area contributed by atoms with E-state index in [2.05, 4.69) is 4.98 Å². The van der Waals surface area contributed by atoms with E-state index in [0.29, 0.717) is 17.3 Å². The van der Waals surface area contributed by atoms with Gasteiger partial charge in [-0.15, -0.1) is 0 Å². The smallest absolute Gasteiger partial charge is 0.355 e. The maximum Gasteiger partial charge on any atom is 0.355 e. The number of aromatic nitrogens is 1. The van der Waals surface area contributed by atoms with E-state index in [-0.39, 0.29) is 5.97 Å². The van der Waals surface area contributed by atoms with Crippen molar-refractivity contribution in [1.82, 2.24) is 4.98 Å². The predicted molar refractivity (Wildman–Crippen MR) is 96.4 cm³/mol. The molecule has 0 aliphatic heterocycles. The van der Waals surface area contributed by atoms with Gasteiger partial charge in [-0.1, -0.05) is 35.5 Å². The van der Waals surface area contributed by atoms with Crippen LogP contribution >= 0.6 is 23.4 Å². The average molecular weight is 362 g/mol.